The monoisotopic (exact) mass is 380 g/mol. The molecule has 0 bridgehead atoms. The number of ether oxygens (including phenoxy) is 1. The van der Waals surface area contributed by atoms with Crippen molar-refractivity contribution in [2.75, 3.05) is 5.08 Å². The summed E-state index contributed by atoms with van der Waals surface area (Å²) in [4.78, 5) is 46.2. The third-order valence-corrected chi connectivity index (χ3v) is 5.47. The summed E-state index contributed by atoms with van der Waals surface area (Å²) in [6, 6.07) is -1.09. The maximum Gasteiger partial charge on any atom is 0.345 e. The molecule has 1 aliphatic rings. The van der Waals surface area contributed by atoms with Gasteiger partial charge < -0.3 is 15.2 Å². The number of rotatable bonds is 5. The number of carboxylic acids is 1. The van der Waals surface area contributed by atoms with Crippen molar-refractivity contribution < 1.29 is 29.0 Å². The first-order chi connectivity index (χ1) is 10.7. The predicted molar refractivity (Wildman–Crippen MR) is 89.7 cm³/mol. The second-order valence-corrected chi connectivity index (χ2v) is 7.92. The molecule has 3 N–H and O–H groups in total. The highest BCUT2D eigenvalue weighted by atomic mass is 32.3. The number of thioether (sulfide) groups is 2. The lowest BCUT2D eigenvalue weighted by Gasteiger charge is -2.19. The van der Waals surface area contributed by atoms with Crippen LogP contribution in [0.2, 0.25) is 0 Å². The van der Waals surface area contributed by atoms with Gasteiger partial charge in [0.15, 0.2) is 0 Å². The number of carbonyl (C=O) groups is 4. The molecule has 0 aromatic carbocycles. The van der Waals surface area contributed by atoms with Gasteiger partial charge in [-0.25, -0.2) is 4.79 Å². The molecule has 1 rings (SSSR count). The van der Waals surface area contributed by atoms with Gasteiger partial charge in [-0.3, -0.25) is 19.1 Å². The predicted octanol–water partition coefficient (Wildman–Crippen LogP) is 1.53. The molecule has 8 nitrogen and oxygen atoms in total. The molecule has 0 aromatic rings. The largest absolute Gasteiger partial charge is 0.480 e. The molecule has 0 aromatic heterocycles. The van der Waals surface area contributed by atoms with Crippen molar-refractivity contribution in [3.8, 4) is 0 Å². The van der Waals surface area contributed by atoms with Crippen LogP contribution >= 0.6 is 35.5 Å². The van der Waals surface area contributed by atoms with Gasteiger partial charge >= 0.3 is 11.9 Å². The molecule has 1 heterocycles. The Bertz CT molecular complexity index is 543. The zero-order chi connectivity index (χ0) is 17.6. The molecule has 0 aliphatic carbocycles. The highest BCUT2D eigenvalue weighted by molar-refractivity contribution is 8.37. The van der Waals surface area contributed by atoms with Crippen LogP contribution in [0.3, 0.4) is 0 Å². The van der Waals surface area contributed by atoms with E-state index in [1.807, 2.05) is 0 Å². The topological polar surface area (TPSA) is 122 Å². The number of hydrogen-bond donors (Lipinski definition) is 3. The summed E-state index contributed by atoms with van der Waals surface area (Å²) in [6.45, 7) is 4.61. The van der Waals surface area contributed by atoms with Crippen molar-refractivity contribution in [3.63, 3.8) is 0 Å². The molecule has 11 heteroatoms. The summed E-state index contributed by atoms with van der Waals surface area (Å²) in [6.07, 6.45) is -0.381. The summed E-state index contributed by atoms with van der Waals surface area (Å²) in [5.74, 6) is -2.71. The molecule has 2 amide bonds. The summed E-state index contributed by atoms with van der Waals surface area (Å²) >= 11 is 3.05. The van der Waals surface area contributed by atoms with Gasteiger partial charge in [0, 0.05) is 5.08 Å². The molecule has 0 saturated carbocycles. The Morgan fingerprint density at radius 1 is 1.22 bits per heavy atom. The Morgan fingerprint density at radius 2 is 1.83 bits per heavy atom. The van der Waals surface area contributed by atoms with Crippen LogP contribution in [0.15, 0.2) is 9.81 Å². The van der Waals surface area contributed by atoms with Gasteiger partial charge in [0.05, 0.1) is 22.3 Å². The lowest BCUT2D eigenvalue weighted by atomic mass is 10.3. The van der Waals surface area contributed by atoms with Crippen LogP contribution in [-0.4, -0.2) is 45.4 Å². The smallest absolute Gasteiger partial charge is 0.345 e. The van der Waals surface area contributed by atoms with E-state index in [2.05, 4.69) is 10.0 Å². The van der Waals surface area contributed by atoms with Crippen LogP contribution in [0, 0.1) is 0 Å². The van der Waals surface area contributed by atoms with Crippen LogP contribution in [0.25, 0.3) is 0 Å². The minimum absolute atomic E-state index is 0.147. The third kappa shape index (κ3) is 6.36. The standard InChI is InChI=1S/C12H16N2O6S3/c1-5(2)20-10(18)7(11-21-4-22-11)8(15)14-23-12(19)13-6(3)9(16)17/h5-6H,4H2,1-3H3,(H,13,19)(H,14,15)(H,16,17). The van der Waals surface area contributed by atoms with E-state index in [4.69, 9.17) is 9.84 Å². The number of nitrogens with one attached hydrogen (secondary N) is 2. The van der Waals surface area contributed by atoms with Crippen molar-refractivity contribution in [1.82, 2.24) is 10.0 Å². The number of amides is 2. The van der Waals surface area contributed by atoms with Crippen LogP contribution < -0.4 is 10.0 Å². The lowest BCUT2D eigenvalue weighted by Crippen LogP contribution is -2.38. The summed E-state index contributed by atoms with van der Waals surface area (Å²) < 4.78 is 7.77. The zero-order valence-electron chi connectivity index (χ0n) is 12.6. The number of carbonyl (C=O) groups excluding carboxylic acids is 3. The van der Waals surface area contributed by atoms with Gasteiger partial charge in [-0.15, -0.1) is 23.5 Å². The van der Waals surface area contributed by atoms with E-state index < -0.39 is 29.1 Å². The summed E-state index contributed by atoms with van der Waals surface area (Å²) in [5.41, 5.74) is -0.147. The molecule has 0 spiro atoms. The summed E-state index contributed by atoms with van der Waals surface area (Å²) in [7, 11) is 0. The van der Waals surface area contributed by atoms with E-state index in [1.54, 1.807) is 13.8 Å². The fourth-order valence-corrected chi connectivity index (χ4v) is 3.32. The minimum Gasteiger partial charge on any atom is -0.480 e. The van der Waals surface area contributed by atoms with Gasteiger partial charge in [0.2, 0.25) is 0 Å². The molecule has 0 radical (unpaired) electrons. The molecular formula is C12H16N2O6S3. The van der Waals surface area contributed by atoms with Gasteiger partial charge in [0.25, 0.3) is 11.1 Å². The van der Waals surface area contributed by atoms with E-state index in [0.717, 1.165) is 5.08 Å². The second kappa shape index (κ2) is 9.08. The Morgan fingerprint density at radius 3 is 2.26 bits per heavy atom. The molecule has 1 aliphatic heterocycles. The molecule has 1 fully saturated rings. The fraction of sp³-hybridized carbons (Fsp3) is 0.500. The van der Waals surface area contributed by atoms with E-state index in [-0.39, 0.29) is 11.7 Å². The van der Waals surface area contributed by atoms with E-state index in [9.17, 15) is 19.2 Å². The third-order valence-electron chi connectivity index (χ3n) is 2.30. The van der Waals surface area contributed by atoms with Gasteiger partial charge in [0.1, 0.15) is 11.6 Å². The SMILES string of the molecule is CC(C)OC(=O)C(C(=O)NSC(=O)NC(C)C(=O)O)=C1SCS1. The molecule has 23 heavy (non-hydrogen) atoms. The number of aliphatic carboxylic acids is 1. The Kier molecular flexibility index (Phi) is 7.79. The quantitative estimate of drug-likeness (QED) is 0.214. The van der Waals surface area contributed by atoms with Gasteiger partial charge in [-0.2, -0.15) is 0 Å². The Hall–Kier alpha value is -1.33. The summed E-state index contributed by atoms with van der Waals surface area (Å²) in [5, 5.41) is 10.8. The number of hydrogen-bond acceptors (Lipinski definition) is 8. The number of esters is 1. The lowest BCUT2D eigenvalue weighted by molar-refractivity contribution is -0.144. The molecular weight excluding hydrogens is 364 g/mol. The highest BCUT2D eigenvalue weighted by Crippen LogP contribution is 2.45. The van der Waals surface area contributed by atoms with Crippen molar-refractivity contribution in [2.45, 2.75) is 32.9 Å². The van der Waals surface area contributed by atoms with E-state index in [1.165, 1.54) is 30.4 Å². The van der Waals surface area contributed by atoms with Crippen LogP contribution in [0.5, 0.6) is 0 Å². The van der Waals surface area contributed by atoms with E-state index >= 15 is 0 Å². The molecule has 128 valence electrons. The van der Waals surface area contributed by atoms with Crippen molar-refractivity contribution >= 4 is 58.6 Å². The average Bonchev–Trinajstić information content (AvgIpc) is 2.38. The zero-order valence-corrected chi connectivity index (χ0v) is 15.0. The van der Waals surface area contributed by atoms with Crippen molar-refractivity contribution in [1.29, 1.82) is 0 Å². The van der Waals surface area contributed by atoms with Crippen molar-refractivity contribution in [3.05, 3.63) is 9.81 Å². The van der Waals surface area contributed by atoms with Gasteiger partial charge in [-0.1, -0.05) is 0 Å². The van der Waals surface area contributed by atoms with E-state index in [0.29, 0.717) is 16.2 Å². The molecule has 1 atom stereocenters. The van der Waals surface area contributed by atoms with Crippen molar-refractivity contribution in [2.24, 2.45) is 0 Å². The first-order valence-electron chi connectivity index (χ1n) is 6.43. The van der Waals surface area contributed by atoms with Gasteiger partial charge in [-0.05, 0) is 20.8 Å². The van der Waals surface area contributed by atoms with Crippen LogP contribution in [0.1, 0.15) is 20.8 Å². The van der Waals surface area contributed by atoms with Crippen LogP contribution in [0.4, 0.5) is 4.79 Å². The first kappa shape index (κ1) is 19.7. The highest BCUT2D eigenvalue weighted by Gasteiger charge is 2.30. The minimum atomic E-state index is -1.20. The Labute approximate surface area is 145 Å². The number of carboxylic acid groups (broad SMARTS) is 1. The maximum absolute atomic E-state index is 12.1. The Balaban J connectivity index is 2.64. The average molecular weight is 380 g/mol. The first-order valence-corrected chi connectivity index (χ1v) is 9.22. The second-order valence-electron chi connectivity index (χ2n) is 4.55. The maximum atomic E-state index is 12.1. The molecule has 1 saturated heterocycles. The van der Waals surface area contributed by atoms with Crippen LogP contribution in [-0.2, 0) is 19.1 Å². The molecule has 1 unspecified atom stereocenters. The normalized spacial score (nSPS) is 14.5. The fourth-order valence-electron chi connectivity index (χ4n) is 1.22.